The van der Waals surface area contributed by atoms with Gasteiger partial charge >= 0.3 is 0 Å². The Bertz CT molecular complexity index is 1180. The summed E-state index contributed by atoms with van der Waals surface area (Å²) >= 11 is 3.16. The Morgan fingerprint density at radius 1 is 1.34 bits per heavy atom. The summed E-state index contributed by atoms with van der Waals surface area (Å²) in [6.07, 6.45) is 3.49. The lowest BCUT2D eigenvalue weighted by Crippen LogP contribution is -2.26. The molecular weight excluding hydrogens is 438 g/mol. The van der Waals surface area contributed by atoms with Crippen LogP contribution >= 0.6 is 23.1 Å². The molecular formula is C24H27N5OS2. The van der Waals surface area contributed by atoms with Crippen LogP contribution in [0.1, 0.15) is 43.2 Å². The summed E-state index contributed by atoms with van der Waals surface area (Å²) in [4.78, 5) is 15.0. The summed E-state index contributed by atoms with van der Waals surface area (Å²) in [5.74, 6) is 1.56. The van der Waals surface area contributed by atoms with Crippen molar-refractivity contribution in [2.24, 2.45) is 18.4 Å². The fraction of sp³-hybridized carbons (Fsp3) is 0.417. The summed E-state index contributed by atoms with van der Waals surface area (Å²) in [7, 11) is 1.94. The molecule has 2 aromatic heterocycles. The number of aromatic nitrogens is 3. The Labute approximate surface area is 197 Å². The fourth-order valence-electron chi connectivity index (χ4n) is 4.03. The van der Waals surface area contributed by atoms with Gasteiger partial charge in [0.05, 0.1) is 21.9 Å². The number of hydrogen-bond donors (Lipinski definition) is 1. The monoisotopic (exact) mass is 465 g/mol. The highest BCUT2D eigenvalue weighted by Gasteiger charge is 2.30. The average molecular weight is 466 g/mol. The van der Waals surface area contributed by atoms with Gasteiger partial charge in [-0.05, 0) is 54.4 Å². The number of para-hydroxylation sites is 1. The predicted molar refractivity (Wildman–Crippen MR) is 130 cm³/mol. The quantitative estimate of drug-likeness (QED) is 0.517. The van der Waals surface area contributed by atoms with Crippen molar-refractivity contribution in [1.29, 1.82) is 5.26 Å². The number of rotatable bonds is 5. The number of benzene rings is 1. The van der Waals surface area contributed by atoms with Gasteiger partial charge in [-0.25, -0.2) is 0 Å². The molecule has 8 heteroatoms. The molecule has 1 aliphatic rings. The minimum absolute atomic E-state index is 0.179. The number of nitrogens with zero attached hydrogens (tertiary/aromatic N) is 4. The molecule has 1 aromatic carbocycles. The van der Waals surface area contributed by atoms with E-state index in [2.05, 4.69) is 48.4 Å². The molecule has 0 aliphatic heterocycles. The van der Waals surface area contributed by atoms with Gasteiger partial charge in [0.25, 0.3) is 0 Å². The Hall–Kier alpha value is -2.63. The molecule has 0 fully saturated rings. The molecule has 1 amide bonds. The molecule has 4 rings (SSSR count). The minimum atomic E-state index is -0.179. The van der Waals surface area contributed by atoms with E-state index in [1.165, 1.54) is 28.6 Å². The van der Waals surface area contributed by atoms with Gasteiger partial charge in [-0.3, -0.25) is 4.79 Å². The SMILES string of the molecule is Cn1c(SCC(=O)Nc2ccccc2C#N)nnc1-c1cc2c(s1)CCC(C(C)(C)C)C2. The van der Waals surface area contributed by atoms with Gasteiger partial charge in [0.2, 0.25) is 5.91 Å². The van der Waals surface area contributed by atoms with Crippen molar-refractivity contribution >= 4 is 34.7 Å². The Morgan fingerprint density at radius 2 is 2.12 bits per heavy atom. The highest BCUT2D eigenvalue weighted by molar-refractivity contribution is 7.99. The lowest BCUT2D eigenvalue weighted by atomic mass is 9.72. The van der Waals surface area contributed by atoms with Gasteiger partial charge < -0.3 is 9.88 Å². The van der Waals surface area contributed by atoms with Crippen LogP contribution < -0.4 is 5.32 Å². The van der Waals surface area contributed by atoms with Gasteiger partial charge in [0, 0.05) is 11.9 Å². The number of fused-ring (bicyclic) bond motifs is 1. The number of nitriles is 1. The van der Waals surface area contributed by atoms with Gasteiger partial charge in [-0.2, -0.15) is 5.26 Å². The van der Waals surface area contributed by atoms with Crippen molar-refractivity contribution in [3.8, 4) is 16.8 Å². The number of nitrogens with one attached hydrogen (secondary N) is 1. The van der Waals surface area contributed by atoms with Crippen LogP contribution in [0.2, 0.25) is 0 Å². The molecule has 6 nitrogen and oxygen atoms in total. The fourth-order valence-corrected chi connectivity index (χ4v) is 5.97. The van der Waals surface area contributed by atoms with E-state index in [9.17, 15) is 10.1 Å². The lowest BCUT2D eigenvalue weighted by molar-refractivity contribution is -0.113. The number of thioether (sulfide) groups is 1. The smallest absolute Gasteiger partial charge is 0.234 e. The first-order valence-electron chi connectivity index (χ1n) is 10.7. The van der Waals surface area contributed by atoms with Crippen LogP contribution in [-0.2, 0) is 24.7 Å². The van der Waals surface area contributed by atoms with E-state index in [-0.39, 0.29) is 11.7 Å². The molecule has 0 spiro atoms. The molecule has 1 aliphatic carbocycles. The predicted octanol–water partition coefficient (Wildman–Crippen LogP) is 5.30. The second kappa shape index (κ2) is 9.08. The minimum Gasteiger partial charge on any atom is -0.324 e. The summed E-state index contributed by atoms with van der Waals surface area (Å²) in [5, 5.41) is 21.4. The Balaban J connectivity index is 1.43. The normalized spacial score (nSPS) is 15.8. The van der Waals surface area contributed by atoms with Crippen molar-refractivity contribution < 1.29 is 4.79 Å². The second-order valence-electron chi connectivity index (χ2n) is 9.22. The lowest BCUT2D eigenvalue weighted by Gasteiger charge is -2.33. The zero-order valence-corrected chi connectivity index (χ0v) is 20.4. The molecule has 166 valence electrons. The van der Waals surface area contributed by atoms with E-state index in [1.807, 2.05) is 23.0 Å². The average Bonchev–Trinajstić information content (AvgIpc) is 3.34. The Kier molecular flexibility index (Phi) is 6.40. The van der Waals surface area contributed by atoms with Crippen LogP contribution in [0.3, 0.4) is 0 Å². The van der Waals surface area contributed by atoms with Crippen LogP contribution in [0.5, 0.6) is 0 Å². The van der Waals surface area contributed by atoms with Gasteiger partial charge in [-0.15, -0.1) is 21.5 Å². The Morgan fingerprint density at radius 3 is 2.88 bits per heavy atom. The van der Waals surface area contributed by atoms with Gasteiger partial charge in [0.15, 0.2) is 11.0 Å². The number of aryl methyl sites for hydroxylation is 1. The first kappa shape index (κ1) is 22.6. The number of carbonyl (C=O) groups excluding carboxylic acids is 1. The number of amides is 1. The van der Waals surface area contributed by atoms with E-state index in [1.54, 1.807) is 24.3 Å². The topological polar surface area (TPSA) is 83.6 Å². The third-order valence-corrected chi connectivity index (χ3v) is 8.27. The van der Waals surface area contributed by atoms with Crippen molar-refractivity contribution in [3.05, 3.63) is 46.3 Å². The second-order valence-corrected chi connectivity index (χ2v) is 11.3. The zero-order chi connectivity index (χ0) is 22.9. The number of hydrogen-bond acceptors (Lipinski definition) is 6. The molecule has 1 atom stereocenters. The van der Waals surface area contributed by atoms with Crippen molar-refractivity contribution in [2.45, 2.75) is 45.2 Å². The summed E-state index contributed by atoms with van der Waals surface area (Å²) in [6.45, 7) is 6.99. The third-order valence-electron chi connectivity index (χ3n) is 6.02. The molecule has 2 heterocycles. The molecule has 0 radical (unpaired) electrons. The van der Waals surface area contributed by atoms with Gasteiger partial charge in [-0.1, -0.05) is 44.7 Å². The molecule has 0 saturated heterocycles. The maximum absolute atomic E-state index is 12.4. The number of anilines is 1. The zero-order valence-electron chi connectivity index (χ0n) is 18.8. The standard InChI is InChI=1S/C24H27N5OS2/c1-24(2,3)17-9-10-19-16(11-17)12-20(32-19)22-27-28-23(29(22)4)31-14-21(30)26-18-8-6-5-7-15(18)13-25/h5-8,12,17H,9-11,14H2,1-4H3,(H,26,30). The maximum Gasteiger partial charge on any atom is 0.234 e. The van der Waals surface area contributed by atoms with E-state index in [0.717, 1.165) is 23.5 Å². The number of thiophene rings is 1. The molecule has 32 heavy (non-hydrogen) atoms. The number of carbonyl (C=O) groups is 1. The largest absolute Gasteiger partial charge is 0.324 e. The van der Waals surface area contributed by atoms with Crippen LogP contribution in [0.15, 0.2) is 35.5 Å². The van der Waals surface area contributed by atoms with E-state index >= 15 is 0 Å². The molecule has 1 unspecified atom stereocenters. The highest BCUT2D eigenvalue weighted by Crippen LogP contribution is 2.42. The van der Waals surface area contributed by atoms with Crippen LogP contribution in [0, 0.1) is 22.7 Å². The van der Waals surface area contributed by atoms with Crippen LogP contribution in [0.25, 0.3) is 10.7 Å². The van der Waals surface area contributed by atoms with Crippen molar-refractivity contribution in [3.63, 3.8) is 0 Å². The third kappa shape index (κ3) is 4.74. The van der Waals surface area contributed by atoms with Crippen LogP contribution in [-0.4, -0.2) is 26.4 Å². The van der Waals surface area contributed by atoms with Crippen molar-refractivity contribution in [2.75, 3.05) is 11.1 Å². The van der Waals surface area contributed by atoms with Gasteiger partial charge in [0.1, 0.15) is 6.07 Å². The van der Waals surface area contributed by atoms with E-state index in [0.29, 0.717) is 27.7 Å². The molecule has 1 N–H and O–H groups in total. The highest BCUT2D eigenvalue weighted by atomic mass is 32.2. The molecule has 3 aromatic rings. The summed E-state index contributed by atoms with van der Waals surface area (Å²) in [6, 6.07) is 11.3. The van der Waals surface area contributed by atoms with Crippen molar-refractivity contribution in [1.82, 2.24) is 14.8 Å². The van der Waals surface area contributed by atoms with E-state index in [4.69, 9.17) is 0 Å². The molecule has 0 saturated carbocycles. The van der Waals surface area contributed by atoms with Crippen LogP contribution in [0.4, 0.5) is 5.69 Å². The first-order chi connectivity index (χ1) is 15.3. The first-order valence-corrected chi connectivity index (χ1v) is 12.5. The molecule has 0 bridgehead atoms. The summed E-state index contributed by atoms with van der Waals surface area (Å²) in [5.41, 5.74) is 2.74. The summed E-state index contributed by atoms with van der Waals surface area (Å²) < 4.78 is 1.96. The van der Waals surface area contributed by atoms with E-state index < -0.39 is 0 Å². The maximum atomic E-state index is 12.4.